The van der Waals surface area contributed by atoms with Gasteiger partial charge in [-0.2, -0.15) is 5.10 Å². The number of nitrogens with zero attached hydrogens (tertiary/aromatic N) is 2. The fourth-order valence-electron chi connectivity index (χ4n) is 1.45. The Balaban J connectivity index is 1.98. The lowest BCUT2D eigenvalue weighted by atomic mass is 10.2. The summed E-state index contributed by atoms with van der Waals surface area (Å²) in [4.78, 5) is 4.10. The summed E-state index contributed by atoms with van der Waals surface area (Å²) in [5.74, 6) is 0.829. The van der Waals surface area contributed by atoms with Crippen LogP contribution in [0.15, 0.2) is 29.0 Å². The van der Waals surface area contributed by atoms with Gasteiger partial charge in [-0.3, -0.25) is 5.10 Å². The van der Waals surface area contributed by atoms with E-state index < -0.39 is 0 Å². The number of aromatic nitrogens is 3. The minimum Gasteiger partial charge on any atom is -0.303 e. The standard InChI is InChI=1S/C11H12BrClN4/c1-7(11-15-6-16-17-11)14-5-8-2-3-9(13)4-10(8)12/h2-4,6-7,14H,5H2,1H3,(H,15,16,17). The van der Waals surface area contributed by atoms with E-state index in [1.54, 1.807) is 0 Å². The molecule has 0 saturated heterocycles. The number of H-pyrrole nitrogens is 1. The number of rotatable bonds is 4. The molecule has 0 radical (unpaired) electrons. The lowest BCUT2D eigenvalue weighted by Crippen LogP contribution is -2.19. The molecular weight excluding hydrogens is 304 g/mol. The average Bonchev–Trinajstić information content (AvgIpc) is 2.81. The molecule has 90 valence electrons. The Hall–Kier alpha value is -0.910. The van der Waals surface area contributed by atoms with Crippen LogP contribution < -0.4 is 5.32 Å². The molecule has 0 aliphatic heterocycles. The van der Waals surface area contributed by atoms with Gasteiger partial charge in [0.15, 0.2) is 0 Å². The van der Waals surface area contributed by atoms with Crippen LogP contribution in [-0.2, 0) is 6.54 Å². The normalized spacial score (nSPS) is 12.6. The molecule has 0 aliphatic carbocycles. The molecule has 1 aromatic heterocycles. The van der Waals surface area contributed by atoms with Crippen molar-refractivity contribution < 1.29 is 0 Å². The van der Waals surface area contributed by atoms with Crippen LogP contribution in [0.3, 0.4) is 0 Å². The van der Waals surface area contributed by atoms with Crippen LogP contribution in [0.4, 0.5) is 0 Å². The van der Waals surface area contributed by atoms with Crippen molar-refractivity contribution in [3.05, 3.63) is 45.4 Å². The molecule has 2 rings (SSSR count). The van der Waals surface area contributed by atoms with Gasteiger partial charge in [-0.25, -0.2) is 4.98 Å². The van der Waals surface area contributed by atoms with Gasteiger partial charge in [-0.05, 0) is 24.6 Å². The summed E-state index contributed by atoms with van der Waals surface area (Å²) >= 11 is 9.37. The van der Waals surface area contributed by atoms with E-state index in [2.05, 4.69) is 36.4 Å². The van der Waals surface area contributed by atoms with Crippen LogP contribution in [0.25, 0.3) is 0 Å². The van der Waals surface area contributed by atoms with Gasteiger partial charge in [0.05, 0.1) is 6.04 Å². The van der Waals surface area contributed by atoms with Crippen molar-refractivity contribution in [1.82, 2.24) is 20.5 Å². The van der Waals surface area contributed by atoms with E-state index >= 15 is 0 Å². The first-order valence-corrected chi connectivity index (χ1v) is 6.36. The number of hydrogen-bond acceptors (Lipinski definition) is 3. The molecule has 1 heterocycles. The van der Waals surface area contributed by atoms with Gasteiger partial charge in [0, 0.05) is 16.0 Å². The van der Waals surface area contributed by atoms with Crippen LogP contribution in [0.1, 0.15) is 24.4 Å². The molecule has 0 saturated carbocycles. The second kappa shape index (κ2) is 5.62. The summed E-state index contributed by atoms with van der Waals surface area (Å²) in [5, 5.41) is 10.7. The van der Waals surface area contributed by atoms with Crippen LogP contribution in [-0.4, -0.2) is 15.2 Å². The molecule has 6 heteroatoms. The smallest absolute Gasteiger partial charge is 0.141 e. The number of benzene rings is 1. The first kappa shape index (κ1) is 12.5. The molecule has 0 amide bonds. The highest BCUT2D eigenvalue weighted by Gasteiger charge is 2.08. The summed E-state index contributed by atoms with van der Waals surface area (Å²) in [6.45, 7) is 2.77. The van der Waals surface area contributed by atoms with Crippen molar-refractivity contribution >= 4 is 27.5 Å². The zero-order chi connectivity index (χ0) is 12.3. The van der Waals surface area contributed by atoms with Gasteiger partial charge < -0.3 is 5.32 Å². The number of nitrogens with one attached hydrogen (secondary N) is 2. The third-order valence-electron chi connectivity index (χ3n) is 2.46. The Bertz CT molecular complexity index is 486. The van der Waals surface area contributed by atoms with Gasteiger partial charge in [-0.15, -0.1) is 0 Å². The topological polar surface area (TPSA) is 53.6 Å². The van der Waals surface area contributed by atoms with Crippen molar-refractivity contribution in [3.8, 4) is 0 Å². The zero-order valence-electron chi connectivity index (χ0n) is 9.24. The van der Waals surface area contributed by atoms with E-state index in [1.807, 2.05) is 25.1 Å². The lowest BCUT2D eigenvalue weighted by molar-refractivity contribution is 0.547. The molecule has 2 aromatic rings. The molecule has 4 nitrogen and oxygen atoms in total. The Morgan fingerprint density at radius 3 is 3.00 bits per heavy atom. The van der Waals surface area contributed by atoms with Gasteiger partial charge in [0.2, 0.25) is 0 Å². The first-order chi connectivity index (χ1) is 8.16. The molecule has 1 atom stereocenters. The van der Waals surface area contributed by atoms with Gasteiger partial charge in [-0.1, -0.05) is 33.6 Å². The number of aromatic amines is 1. The molecule has 0 spiro atoms. The average molecular weight is 316 g/mol. The maximum Gasteiger partial charge on any atom is 0.141 e. The predicted octanol–water partition coefficient (Wildman–Crippen LogP) is 3.07. The Labute approximate surface area is 113 Å². The van der Waals surface area contributed by atoms with Crippen molar-refractivity contribution in [2.75, 3.05) is 0 Å². The van der Waals surface area contributed by atoms with Crippen molar-refractivity contribution in [1.29, 1.82) is 0 Å². The summed E-state index contributed by atoms with van der Waals surface area (Å²) in [5.41, 5.74) is 1.15. The second-order valence-corrected chi connectivity index (χ2v) is 5.00. The summed E-state index contributed by atoms with van der Waals surface area (Å²) in [6.07, 6.45) is 1.51. The molecule has 0 bridgehead atoms. The molecule has 1 aromatic carbocycles. The highest BCUT2D eigenvalue weighted by molar-refractivity contribution is 9.10. The number of halogens is 2. The van der Waals surface area contributed by atoms with Gasteiger partial charge >= 0.3 is 0 Å². The third-order valence-corrected chi connectivity index (χ3v) is 3.43. The summed E-state index contributed by atoms with van der Waals surface area (Å²) in [6, 6.07) is 5.88. The third kappa shape index (κ3) is 3.28. The first-order valence-electron chi connectivity index (χ1n) is 5.19. The van der Waals surface area contributed by atoms with E-state index in [4.69, 9.17) is 11.6 Å². The van der Waals surface area contributed by atoms with Crippen LogP contribution in [0.2, 0.25) is 5.02 Å². The molecule has 2 N–H and O–H groups in total. The SMILES string of the molecule is CC(NCc1ccc(Cl)cc1Br)c1ncn[nH]1. The van der Waals surface area contributed by atoms with Crippen molar-refractivity contribution in [2.45, 2.75) is 19.5 Å². The minimum absolute atomic E-state index is 0.125. The summed E-state index contributed by atoms with van der Waals surface area (Å²) < 4.78 is 1.00. The minimum atomic E-state index is 0.125. The van der Waals surface area contributed by atoms with Crippen LogP contribution in [0.5, 0.6) is 0 Å². The Morgan fingerprint density at radius 2 is 2.35 bits per heavy atom. The second-order valence-electron chi connectivity index (χ2n) is 3.71. The Morgan fingerprint density at radius 1 is 1.53 bits per heavy atom. The van der Waals surface area contributed by atoms with Crippen molar-refractivity contribution in [2.24, 2.45) is 0 Å². The fraction of sp³-hybridized carbons (Fsp3) is 0.273. The fourth-order valence-corrected chi connectivity index (χ4v) is 2.27. The quantitative estimate of drug-likeness (QED) is 0.911. The predicted molar refractivity (Wildman–Crippen MR) is 70.8 cm³/mol. The molecular formula is C11H12BrClN4. The number of hydrogen-bond donors (Lipinski definition) is 2. The maximum atomic E-state index is 5.89. The van der Waals surface area contributed by atoms with Crippen LogP contribution in [0, 0.1) is 0 Å². The maximum absolute atomic E-state index is 5.89. The summed E-state index contributed by atoms with van der Waals surface area (Å²) in [7, 11) is 0. The highest BCUT2D eigenvalue weighted by Crippen LogP contribution is 2.22. The lowest BCUT2D eigenvalue weighted by Gasteiger charge is -2.12. The van der Waals surface area contributed by atoms with E-state index in [9.17, 15) is 0 Å². The van der Waals surface area contributed by atoms with E-state index in [1.165, 1.54) is 6.33 Å². The Kier molecular flexibility index (Phi) is 4.15. The van der Waals surface area contributed by atoms with Crippen LogP contribution >= 0.6 is 27.5 Å². The van der Waals surface area contributed by atoms with Gasteiger partial charge in [0.1, 0.15) is 12.2 Å². The monoisotopic (exact) mass is 314 g/mol. The largest absolute Gasteiger partial charge is 0.303 e. The van der Waals surface area contributed by atoms with E-state index in [-0.39, 0.29) is 6.04 Å². The van der Waals surface area contributed by atoms with Gasteiger partial charge in [0.25, 0.3) is 0 Å². The molecule has 1 unspecified atom stereocenters. The molecule has 0 fully saturated rings. The van der Waals surface area contributed by atoms with E-state index in [0.29, 0.717) is 0 Å². The highest BCUT2D eigenvalue weighted by atomic mass is 79.9. The molecule has 0 aliphatic rings. The molecule has 17 heavy (non-hydrogen) atoms. The zero-order valence-corrected chi connectivity index (χ0v) is 11.6. The van der Waals surface area contributed by atoms with Crippen molar-refractivity contribution in [3.63, 3.8) is 0 Å². The van der Waals surface area contributed by atoms with E-state index in [0.717, 1.165) is 27.4 Å².